The van der Waals surface area contributed by atoms with Gasteiger partial charge in [0, 0.05) is 6.54 Å². The molecule has 2 atom stereocenters. The molecule has 0 saturated carbocycles. The van der Waals surface area contributed by atoms with E-state index in [4.69, 9.17) is 16.7 Å². The molecule has 1 rings (SSSR count). The normalized spacial score (nSPS) is 13.3. The van der Waals surface area contributed by atoms with Crippen LogP contribution in [0.25, 0.3) is 0 Å². The second-order valence-electron chi connectivity index (χ2n) is 4.78. The first-order valence-corrected chi connectivity index (χ1v) is 6.94. The lowest BCUT2D eigenvalue weighted by Gasteiger charge is -2.20. The highest BCUT2D eigenvalue weighted by atomic mass is 35.5. The molecule has 2 amide bonds. The lowest BCUT2D eigenvalue weighted by Crippen LogP contribution is -2.48. The Bertz CT molecular complexity index is 525. The molecule has 3 N–H and O–H groups in total. The van der Waals surface area contributed by atoms with Gasteiger partial charge in [-0.2, -0.15) is 0 Å². The molecule has 1 aromatic carbocycles. The van der Waals surface area contributed by atoms with E-state index in [-0.39, 0.29) is 17.5 Å². The van der Waals surface area contributed by atoms with Crippen molar-refractivity contribution in [3.05, 3.63) is 34.6 Å². The Morgan fingerprint density at radius 1 is 1.43 bits per heavy atom. The Kier molecular flexibility index (Phi) is 6.42. The van der Waals surface area contributed by atoms with Crippen LogP contribution in [-0.2, 0) is 11.3 Å². The summed E-state index contributed by atoms with van der Waals surface area (Å²) < 4.78 is 13.0. The summed E-state index contributed by atoms with van der Waals surface area (Å²) in [4.78, 5) is 22.8. The molecule has 0 aliphatic rings. The van der Waals surface area contributed by atoms with Gasteiger partial charge in [0.05, 0.1) is 5.02 Å². The van der Waals surface area contributed by atoms with Gasteiger partial charge in [-0.15, -0.1) is 0 Å². The van der Waals surface area contributed by atoms with E-state index < -0.39 is 23.9 Å². The number of carbonyl (C=O) groups excluding carboxylic acids is 1. The first-order valence-electron chi connectivity index (χ1n) is 6.56. The molecule has 2 unspecified atom stereocenters. The van der Waals surface area contributed by atoms with Gasteiger partial charge < -0.3 is 15.7 Å². The quantitative estimate of drug-likeness (QED) is 0.755. The van der Waals surface area contributed by atoms with Crippen LogP contribution in [0.15, 0.2) is 18.2 Å². The zero-order valence-electron chi connectivity index (χ0n) is 11.8. The van der Waals surface area contributed by atoms with Crippen molar-refractivity contribution in [1.82, 2.24) is 10.6 Å². The van der Waals surface area contributed by atoms with Crippen molar-refractivity contribution in [3.8, 4) is 0 Å². The van der Waals surface area contributed by atoms with Crippen molar-refractivity contribution in [3.63, 3.8) is 0 Å². The van der Waals surface area contributed by atoms with Gasteiger partial charge in [-0.05, 0) is 23.6 Å². The monoisotopic (exact) mass is 316 g/mol. The molecule has 0 aliphatic carbocycles. The fourth-order valence-electron chi connectivity index (χ4n) is 1.71. The van der Waals surface area contributed by atoms with Gasteiger partial charge in [0.2, 0.25) is 0 Å². The minimum atomic E-state index is -1.08. The summed E-state index contributed by atoms with van der Waals surface area (Å²) in [6.07, 6.45) is 0.630. The lowest BCUT2D eigenvalue weighted by molar-refractivity contribution is -0.140. The van der Waals surface area contributed by atoms with E-state index in [0.29, 0.717) is 12.0 Å². The van der Waals surface area contributed by atoms with E-state index in [1.54, 1.807) is 6.92 Å². The summed E-state index contributed by atoms with van der Waals surface area (Å²) >= 11 is 5.63. The topological polar surface area (TPSA) is 78.4 Å². The molecular weight excluding hydrogens is 299 g/mol. The van der Waals surface area contributed by atoms with Gasteiger partial charge >= 0.3 is 12.0 Å². The highest BCUT2D eigenvalue weighted by Gasteiger charge is 2.25. The minimum absolute atomic E-state index is 0.0299. The van der Waals surface area contributed by atoms with E-state index >= 15 is 0 Å². The molecule has 0 saturated heterocycles. The molecule has 0 spiro atoms. The number of halogens is 2. The standard InChI is InChI=1S/C14H18ClFN2O3/c1-3-8(2)12(13(19)20)18-14(21)17-7-9-4-5-11(16)10(15)6-9/h4-6,8,12H,3,7H2,1-2H3,(H,19,20)(H2,17,18,21). The number of amides is 2. The molecule has 0 fully saturated rings. The number of aliphatic carboxylic acids is 1. The van der Waals surface area contributed by atoms with Crippen LogP contribution in [-0.4, -0.2) is 23.1 Å². The van der Waals surface area contributed by atoms with Crippen LogP contribution in [0.4, 0.5) is 9.18 Å². The maximum atomic E-state index is 13.0. The summed E-state index contributed by atoms with van der Waals surface area (Å²) in [6, 6.07) is 2.55. The van der Waals surface area contributed by atoms with Crippen molar-refractivity contribution >= 4 is 23.6 Å². The molecular formula is C14H18ClFN2O3. The second-order valence-corrected chi connectivity index (χ2v) is 5.18. The molecule has 5 nitrogen and oxygen atoms in total. The van der Waals surface area contributed by atoms with Gasteiger partial charge in [0.15, 0.2) is 0 Å². The van der Waals surface area contributed by atoms with Crippen LogP contribution in [0.1, 0.15) is 25.8 Å². The molecule has 0 heterocycles. The van der Waals surface area contributed by atoms with E-state index in [1.807, 2.05) is 6.92 Å². The Labute approximate surface area is 127 Å². The van der Waals surface area contributed by atoms with E-state index in [0.717, 1.165) is 0 Å². The Balaban J connectivity index is 2.56. The zero-order valence-corrected chi connectivity index (χ0v) is 12.6. The fourth-order valence-corrected chi connectivity index (χ4v) is 1.91. The smallest absolute Gasteiger partial charge is 0.326 e. The Morgan fingerprint density at radius 2 is 2.10 bits per heavy atom. The van der Waals surface area contributed by atoms with E-state index in [9.17, 15) is 14.0 Å². The molecule has 0 aliphatic heterocycles. The number of hydrogen-bond donors (Lipinski definition) is 3. The predicted molar refractivity (Wildman–Crippen MR) is 77.7 cm³/mol. The van der Waals surface area contributed by atoms with Crippen molar-refractivity contribution < 1.29 is 19.1 Å². The highest BCUT2D eigenvalue weighted by Crippen LogP contribution is 2.15. The van der Waals surface area contributed by atoms with Gasteiger partial charge in [0.1, 0.15) is 11.9 Å². The zero-order chi connectivity index (χ0) is 16.0. The Hall–Kier alpha value is -1.82. The third kappa shape index (κ3) is 5.23. The van der Waals surface area contributed by atoms with Crippen molar-refractivity contribution in [2.24, 2.45) is 5.92 Å². The van der Waals surface area contributed by atoms with Crippen LogP contribution in [0.5, 0.6) is 0 Å². The number of hydrogen-bond acceptors (Lipinski definition) is 2. The van der Waals surface area contributed by atoms with Gasteiger partial charge in [-0.1, -0.05) is 37.9 Å². The number of benzene rings is 1. The molecule has 0 aromatic heterocycles. The minimum Gasteiger partial charge on any atom is -0.480 e. The van der Waals surface area contributed by atoms with Crippen LogP contribution in [0.3, 0.4) is 0 Å². The predicted octanol–water partition coefficient (Wildman–Crippen LogP) is 2.78. The maximum Gasteiger partial charge on any atom is 0.326 e. The number of carbonyl (C=O) groups is 2. The fraction of sp³-hybridized carbons (Fsp3) is 0.429. The van der Waals surface area contributed by atoms with E-state index in [2.05, 4.69) is 10.6 Å². The summed E-state index contributed by atoms with van der Waals surface area (Å²) in [7, 11) is 0. The number of nitrogens with one attached hydrogen (secondary N) is 2. The molecule has 116 valence electrons. The van der Waals surface area contributed by atoms with Gasteiger partial charge in [-0.25, -0.2) is 14.0 Å². The largest absolute Gasteiger partial charge is 0.480 e. The molecule has 21 heavy (non-hydrogen) atoms. The van der Waals surface area contributed by atoms with Crippen molar-refractivity contribution in [1.29, 1.82) is 0 Å². The van der Waals surface area contributed by atoms with Crippen LogP contribution in [0, 0.1) is 11.7 Å². The van der Waals surface area contributed by atoms with E-state index in [1.165, 1.54) is 18.2 Å². The van der Waals surface area contributed by atoms with Crippen LogP contribution in [0.2, 0.25) is 5.02 Å². The Morgan fingerprint density at radius 3 is 2.62 bits per heavy atom. The number of carboxylic acid groups (broad SMARTS) is 1. The second kappa shape index (κ2) is 7.83. The lowest BCUT2D eigenvalue weighted by atomic mass is 9.99. The maximum absolute atomic E-state index is 13.0. The number of rotatable bonds is 6. The third-order valence-corrected chi connectivity index (χ3v) is 3.49. The molecule has 7 heteroatoms. The average molecular weight is 317 g/mol. The highest BCUT2D eigenvalue weighted by molar-refractivity contribution is 6.30. The number of urea groups is 1. The van der Waals surface area contributed by atoms with Gasteiger partial charge in [0.25, 0.3) is 0 Å². The SMILES string of the molecule is CCC(C)C(NC(=O)NCc1ccc(F)c(Cl)c1)C(=O)O. The molecule has 0 bridgehead atoms. The van der Waals surface area contributed by atoms with Gasteiger partial charge in [-0.3, -0.25) is 0 Å². The van der Waals surface area contributed by atoms with Crippen LogP contribution < -0.4 is 10.6 Å². The first kappa shape index (κ1) is 17.2. The summed E-state index contributed by atoms with van der Waals surface area (Å²) in [5.74, 6) is -1.80. The third-order valence-electron chi connectivity index (χ3n) is 3.20. The summed E-state index contributed by atoms with van der Waals surface area (Å²) in [5.41, 5.74) is 0.618. The first-order chi connectivity index (χ1) is 9.85. The van der Waals surface area contributed by atoms with Crippen molar-refractivity contribution in [2.75, 3.05) is 0 Å². The van der Waals surface area contributed by atoms with Crippen molar-refractivity contribution in [2.45, 2.75) is 32.9 Å². The van der Waals surface area contributed by atoms with Crippen LogP contribution >= 0.6 is 11.6 Å². The average Bonchev–Trinajstić information content (AvgIpc) is 2.44. The number of carboxylic acids is 1. The molecule has 0 radical (unpaired) electrons. The summed E-state index contributed by atoms with van der Waals surface area (Å²) in [6.45, 7) is 3.72. The summed E-state index contributed by atoms with van der Waals surface area (Å²) in [5, 5.41) is 14.0. The molecule has 1 aromatic rings.